The van der Waals surface area contributed by atoms with Gasteiger partial charge in [0.2, 0.25) is 11.7 Å². The zero-order valence-electron chi connectivity index (χ0n) is 17.9. The number of nitrogens with zero attached hydrogens (tertiary/aromatic N) is 2. The predicted octanol–water partition coefficient (Wildman–Crippen LogP) is 5.11. The number of para-hydroxylation sites is 1. The van der Waals surface area contributed by atoms with Crippen LogP contribution in [0.2, 0.25) is 0 Å². The molecular weight excluding hydrogens is 400 g/mol. The maximum Gasteiger partial charge on any atom is 0.255 e. The molecule has 0 aliphatic carbocycles. The average molecular weight is 429 g/mol. The van der Waals surface area contributed by atoms with Crippen molar-refractivity contribution in [2.24, 2.45) is 5.41 Å². The molecule has 30 heavy (non-hydrogen) atoms. The molecule has 6 nitrogen and oxygen atoms in total. The number of aromatic nitrogens is 2. The summed E-state index contributed by atoms with van der Waals surface area (Å²) < 4.78 is 5.38. The van der Waals surface area contributed by atoms with E-state index in [2.05, 4.69) is 48.5 Å². The number of anilines is 1. The van der Waals surface area contributed by atoms with Crippen molar-refractivity contribution >= 4 is 24.0 Å². The molecule has 0 aliphatic heterocycles. The summed E-state index contributed by atoms with van der Waals surface area (Å²) in [5, 5.41) is 10.4. The van der Waals surface area contributed by atoms with E-state index in [1.165, 1.54) is 0 Å². The molecule has 0 bridgehead atoms. The Labute approximate surface area is 183 Å². The maximum absolute atomic E-state index is 12.8. The number of amides is 1. The number of carbonyl (C=O) groups is 1. The highest BCUT2D eigenvalue weighted by molar-refractivity contribution is 6.05. The van der Waals surface area contributed by atoms with E-state index < -0.39 is 0 Å². The minimum atomic E-state index is -0.172. The van der Waals surface area contributed by atoms with E-state index in [9.17, 15) is 4.79 Å². The quantitative estimate of drug-likeness (QED) is 0.546. The zero-order valence-corrected chi connectivity index (χ0v) is 18.7. The van der Waals surface area contributed by atoms with E-state index in [1.807, 2.05) is 36.4 Å². The van der Waals surface area contributed by atoms with E-state index in [4.69, 9.17) is 4.52 Å². The van der Waals surface area contributed by atoms with Crippen molar-refractivity contribution in [2.45, 2.75) is 40.7 Å². The molecule has 0 saturated carbocycles. The highest BCUT2D eigenvalue weighted by atomic mass is 35.5. The van der Waals surface area contributed by atoms with Crippen LogP contribution in [0, 0.1) is 5.41 Å². The summed E-state index contributed by atoms with van der Waals surface area (Å²) in [5.41, 5.74) is 3.20. The number of hydrogen-bond acceptors (Lipinski definition) is 5. The Hall–Kier alpha value is -2.70. The van der Waals surface area contributed by atoms with Gasteiger partial charge in [-0.05, 0) is 35.7 Å². The number of rotatable bonds is 7. The fourth-order valence-corrected chi connectivity index (χ4v) is 2.95. The molecule has 2 N–H and O–H groups in total. The lowest BCUT2D eigenvalue weighted by atomic mass is 9.92. The van der Waals surface area contributed by atoms with Crippen LogP contribution in [0.5, 0.6) is 0 Å². The van der Waals surface area contributed by atoms with Crippen LogP contribution in [0.3, 0.4) is 0 Å². The third-order valence-electron chi connectivity index (χ3n) is 4.36. The first-order valence-corrected chi connectivity index (χ1v) is 9.89. The summed E-state index contributed by atoms with van der Waals surface area (Å²) in [4.78, 5) is 17.3. The van der Waals surface area contributed by atoms with Crippen molar-refractivity contribution < 1.29 is 9.32 Å². The number of nitrogens with one attached hydrogen (secondary N) is 2. The second-order valence-electron chi connectivity index (χ2n) is 8.22. The standard InChI is InChI=1S/C23H28N4O2.ClH/c1-5-24-15-18-9-6-7-12-19(18)25-22(28)17-11-8-10-16(13-17)21-26-20(29-27-21)14-23(2,3)4;/h6-13,24H,5,14-15H2,1-4H3,(H,25,28);1H. The van der Waals surface area contributed by atoms with Crippen LogP contribution in [-0.4, -0.2) is 22.6 Å². The molecule has 2 aromatic carbocycles. The Morgan fingerprint density at radius 3 is 2.60 bits per heavy atom. The average Bonchev–Trinajstić information content (AvgIpc) is 3.14. The van der Waals surface area contributed by atoms with Gasteiger partial charge < -0.3 is 15.2 Å². The topological polar surface area (TPSA) is 80.0 Å². The molecule has 0 atom stereocenters. The van der Waals surface area contributed by atoms with Gasteiger partial charge in [-0.2, -0.15) is 4.98 Å². The molecular formula is C23H29ClN4O2. The van der Waals surface area contributed by atoms with E-state index in [0.29, 0.717) is 30.2 Å². The lowest BCUT2D eigenvalue weighted by Crippen LogP contribution is -2.17. The normalized spacial score (nSPS) is 11.1. The minimum absolute atomic E-state index is 0. The molecule has 1 heterocycles. The van der Waals surface area contributed by atoms with Crippen molar-refractivity contribution in [3.05, 3.63) is 65.5 Å². The van der Waals surface area contributed by atoms with E-state index in [0.717, 1.165) is 23.4 Å². The lowest BCUT2D eigenvalue weighted by Gasteiger charge is -2.13. The Morgan fingerprint density at radius 1 is 1.10 bits per heavy atom. The number of benzene rings is 2. The van der Waals surface area contributed by atoms with Gasteiger partial charge in [-0.3, -0.25) is 4.79 Å². The van der Waals surface area contributed by atoms with Gasteiger partial charge in [0.1, 0.15) is 0 Å². The van der Waals surface area contributed by atoms with Gasteiger partial charge in [0, 0.05) is 29.8 Å². The van der Waals surface area contributed by atoms with Gasteiger partial charge in [-0.15, -0.1) is 12.4 Å². The molecule has 0 unspecified atom stereocenters. The van der Waals surface area contributed by atoms with Gasteiger partial charge >= 0.3 is 0 Å². The molecule has 0 saturated heterocycles. The fraction of sp³-hybridized carbons (Fsp3) is 0.348. The van der Waals surface area contributed by atoms with Crippen molar-refractivity contribution in [1.29, 1.82) is 0 Å². The predicted molar refractivity (Wildman–Crippen MR) is 122 cm³/mol. The smallest absolute Gasteiger partial charge is 0.255 e. The van der Waals surface area contributed by atoms with Gasteiger partial charge in [0.05, 0.1) is 0 Å². The summed E-state index contributed by atoms with van der Waals surface area (Å²) in [5.74, 6) is 0.917. The number of hydrogen-bond donors (Lipinski definition) is 2. The van der Waals surface area contributed by atoms with Crippen LogP contribution in [-0.2, 0) is 13.0 Å². The summed E-state index contributed by atoms with van der Waals surface area (Å²) in [6, 6.07) is 15.1. The fourth-order valence-electron chi connectivity index (χ4n) is 2.95. The van der Waals surface area contributed by atoms with E-state index >= 15 is 0 Å². The van der Waals surface area contributed by atoms with Gasteiger partial charge in [0.15, 0.2) is 0 Å². The molecule has 0 spiro atoms. The SMILES string of the molecule is CCNCc1ccccc1NC(=O)c1cccc(-c2noc(CC(C)(C)C)n2)c1.Cl. The van der Waals surface area contributed by atoms with Crippen LogP contribution in [0.15, 0.2) is 53.1 Å². The van der Waals surface area contributed by atoms with Crippen LogP contribution >= 0.6 is 12.4 Å². The molecule has 0 aliphatic rings. The molecule has 0 radical (unpaired) electrons. The zero-order chi connectivity index (χ0) is 20.9. The first-order chi connectivity index (χ1) is 13.9. The molecule has 1 aromatic heterocycles. The van der Waals surface area contributed by atoms with Crippen molar-refractivity contribution in [3.63, 3.8) is 0 Å². The molecule has 160 valence electrons. The van der Waals surface area contributed by atoms with Crippen LogP contribution in [0.4, 0.5) is 5.69 Å². The third-order valence-corrected chi connectivity index (χ3v) is 4.36. The Kier molecular flexibility index (Phi) is 8.15. The highest BCUT2D eigenvalue weighted by Crippen LogP contribution is 2.23. The number of halogens is 1. The van der Waals surface area contributed by atoms with Crippen molar-refractivity contribution in [2.75, 3.05) is 11.9 Å². The number of carbonyl (C=O) groups excluding carboxylic acids is 1. The first-order valence-electron chi connectivity index (χ1n) is 9.89. The molecule has 3 aromatic rings. The maximum atomic E-state index is 12.8. The Morgan fingerprint density at radius 2 is 1.87 bits per heavy atom. The van der Waals surface area contributed by atoms with E-state index in [1.54, 1.807) is 12.1 Å². The molecule has 7 heteroatoms. The van der Waals surface area contributed by atoms with Crippen LogP contribution in [0.1, 0.15) is 49.5 Å². The molecule has 0 fully saturated rings. The van der Waals surface area contributed by atoms with Gasteiger partial charge in [-0.25, -0.2) is 0 Å². The van der Waals surface area contributed by atoms with Gasteiger partial charge in [-0.1, -0.05) is 63.2 Å². The third kappa shape index (κ3) is 6.40. The summed E-state index contributed by atoms with van der Waals surface area (Å²) in [7, 11) is 0. The van der Waals surface area contributed by atoms with Crippen LogP contribution < -0.4 is 10.6 Å². The highest BCUT2D eigenvalue weighted by Gasteiger charge is 2.18. The second kappa shape index (κ2) is 10.4. The molecule has 3 rings (SSSR count). The summed E-state index contributed by atoms with van der Waals surface area (Å²) >= 11 is 0. The Balaban J connectivity index is 0.00000320. The van der Waals surface area contributed by atoms with Crippen molar-refractivity contribution in [1.82, 2.24) is 15.5 Å². The summed E-state index contributed by atoms with van der Waals surface area (Å²) in [6.45, 7) is 9.98. The Bertz CT molecular complexity index is 979. The van der Waals surface area contributed by atoms with E-state index in [-0.39, 0.29) is 23.7 Å². The monoisotopic (exact) mass is 428 g/mol. The van der Waals surface area contributed by atoms with Crippen LogP contribution in [0.25, 0.3) is 11.4 Å². The lowest BCUT2D eigenvalue weighted by molar-refractivity contribution is 0.102. The second-order valence-corrected chi connectivity index (χ2v) is 8.22. The van der Waals surface area contributed by atoms with Gasteiger partial charge in [0.25, 0.3) is 5.91 Å². The molecule has 1 amide bonds. The summed E-state index contributed by atoms with van der Waals surface area (Å²) in [6.07, 6.45) is 0.697. The first kappa shape index (κ1) is 23.6. The minimum Gasteiger partial charge on any atom is -0.339 e. The van der Waals surface area contributed by atoms with Crippen molar-refractivity contribution in [3.8, 4) is 11.4 Å². The largest absolute Gasteiger partial charge is 0.339 e.